The Labute approximate surface area is 141 Å². The summed E-state index contributed by atoms with van der Waals surface area (Å²) in [6, 6.07) is 7.56. The van der Waals surface area contributed by atoms with Crippen molar-refractivity contribution in [3.05, 3.63) is 70.8 Å². The summed E-state index contributed by atoms with van der Waals surface area (Å²) in [6.45, 7) is 0.128. The SMILES string of the molecule is CN(Cc1ccc(C(F)(F)F)cc1)C(=O)CCc1cc(F)ccc1F. The molecule has 2 nitrogen and oxygen atoms in total. The van der Waals surface area contributed by atoms with Crippen LogP contribution in [-0.4, -0.2) is 17.9 Å². The Morgan fingerprint density at radius 2 is 1.68 bits per heavy atom. The van der Waals surface area contributed by atoms with Crippen molar-refractivity contribution in [2.24, 2.45) is 0 Å². The molecule has 0 saturated carbocycles. The number of hydrogen-bond donors (Lipinski definition) is 0. The van der Waals surface area contributed by atoms with Crippen LogP contribution in [0.5, 0.6) is 0 Å². The second kappa shape index (κ2) is 7.63. The normalized spacial score (nSPS) is 11.4. The zero-order chi connectivity index (χ0) is 18.6. The Kier molecular flexibility index (Phi) is 5.77. The highest BCUT2D eigenvalue weighted by molar-refractivity contribution is 5.76. The lowest BCUT2D eigenvalue weighted by atomic mass is 10.1. The van der Waals surface area contributed by atoms with Crippen LogP contribution in [0.3, 0.4) is 0 Å². The van der Waals surface area contributed by atoms with E-state index in [9.17, 15) is 26.7 Å². The lowest BCUT2D eigenvalue weighted by molar-refractivity contribution is -0.137. The molecule has 0 atom stereocenters. The molecule has 0 radical (unpaired) electrons. The lowest BCUT2D eigenvalue weighted by Crippen LogP contribution is -2.26. The minimum absolute atomic E-state index is 0.0302. The molecule has 0 unspecified atom stereocenters. The molecule has 0 aromatic heterocycles. The Hall–Kier alpha value is -2.44. The van der Waals surface area contributed by atoms with Crippen LogP contribution in [0.2, 0.25) is 0 Å². The van der Waals surface area contributed by atoms with Gasteiger partial charge in [0.15, 0.2) is 0 Å². The maximum Gasteiger partial charge on any atom is 0.416 e. The van der Waals surface area contributed by atoms with E-state index in [-0.39, 0.29) is 30.9 Å². The van der Waals surface area contributed by atoms with Crippen molar-refractivity contribution < 1.29 is 26.7 Å². The summed E-state index contributed by atoms with van der Waals surface area (Å²) >= 11 is 0. The van der Waals surface area contributed by atoms with Gasteiger partial charge in [0, 0.05) is 20.0 Å². The van der Waals surface area contributed by atoms with Crippen LogP contribution in [0.4, 0.5) is 22.0 Å². The molecule has 0 spiro atoms. The first-order valence-corrected chi connectivity index (χ1v) is 7.51. The Balaban J connectivity index is 1.93. The first-order chi connectivity index (χ1) is 11.7. The van der Waals surface area contributed by atoms with Gasteiger partial charge in [0.05, 0.1) is 5.56 Å². The van der Waals surface area contributed by atoms with E-state index in [1.807, 2.05) is 0 Å². The van der Waals surface area contributed by atoms with Crippen molar-refractivity contribution in [3.63, 3.8) is 0 Å². The first kappa shape index (κ1) is 18.9. The largest absolute Gasteiger partial charge is 0.416 e. The molecule has 2 aromatic rings. The van der Waals surface area contributed by atoms with Crippen LogP contribution in [0.25, 0.3) is 0 Å². The molecule has 25 heavy (non-hydrogen) atoms. The summed E-state index contributed by atoms with van der Waals surface area (Å²) in [5, 5.41) is 0. The number of benzene rings is 2. The maximum absolute atomic E-state index is 13.5. The average Bonchev–Trinajstić information content (AvgIpc) is 2.55. The minimum Gasteiger partial charge on any atom is -0.341 e. The summed E-state index contributed by atoms with van der Waals surface area (Å²) in [5.41, 5.74) is -0.108. The molecule has 0 fully saturated rings. The van der Waals surface area contributed by atoms with Gasteiger partial charge in [0.25, 0.3) is 0 Å². The highest BCUT2D eigenvalue weighted by atomic mass is 19.4. The molecule has 0 heterocycles. The van der Waals surface area contributed by atoms with Gasteiger partial charge in [-0.05, 0) is 47.9 Å². The zero-order valence-electron chi connectivity index (χ0n) is 13.4. The molecule has 134 valence electrons. The van der Waals surface area contributed by atoms with Crippen molar-refractivity contribution in [1.82, 2.24) is 4.90 Å². The fraction of sp³-hybridized carbons (Fsp3) is 0.278. The topological polar surface area (TPSA) is 20.3 Å². The fourth-order valence-corrected chi connectivity index (χ4v) is 2.33. The van der Waals surface area contributed by atoms with Crippen LogP contribution < -0.4 is 0 Å². The van der Waals surface area contributed by atoms with E-state index in [0.29, 0.717) is 5.56 Å². The van der Waals surface area contributed by atoms with Crippen LogP contribution in [0.15, 0.2) is 42.5 Å². The summed E-state index contributed by atoms with van der Waals surface area (Å²) < 4.78 is 64.1. The second-order valence-corrected chi connectivity index (χ2v) is 5.68. The summed E-state index contributed by atoms with van der Waals surface area (Å²) in [7, 11) is 1.50. The van der Waals surface area contributed by atoms with Crippen molar-refractivity contribution >= 4 is 5.91 Å². The second-order valence-electron chi connectivity index (χ2n) is 5.68. The standard InChI is InChI=1S/C18H16F5NO/c1-24(11-12-2-5-14(6-3-12)18(21,22)23)17(25)9-4-13-10-15(19)7-8-16(13)20/h2-3,5-8,10H,4,9,11H2,1H3. The number of amides is 1. The van der Waals surface area contributed by atoms with Gasteiger partial charge in [-0.15, -0.1) is 0 Å². The molecule has 0 bridgehead atoms. The molecule has 2 aromatic carbocycles. The fourth-order valence-electron chi connectivity index (χ4n) is 2.33. The predicted octanol–water partition coefficient (Wildman–Crippen LogP) is 4.57. The van der Waals surface area contributed by atoms with Crippen molar-refractivity contribution in [1.29, 1.82) is 0 Å². The number of nitrogens with zero attached hydrogens (tertiary/aromatic N) is 1. The molecule has 0 saturated heterocycles. The third kappa shape index (κ3) is 5.27. The molecule has 7 heteroatoms. The van der Waals surface area contributed by atoms with Crippen molar-refractivity contribution in [2.45, 2.75) is 25.6 Å². The number of aryl methyl sites for hydroxylation is 1. The Bertz CT molecular complexity index is 740. The molecule has 0 aliphatic heterocycles. The van der Waals surface area contributed by atoms with E-state index in [4.69, 9.17) is 0 Å². The van der Waals surface area contributed by atoms with E-state index in [1.54, 1.807) is 0 Å². The van der Waals surface area contributed by atoms with E-state index in [1.165, 1.54) is 24.1 Å². The van der Waals surface area contributed by atoms with Crippen LogP contribution in [0.1, 0.15) is 23.1 Å². The van der Waals surface area contributed by atoms with Crippen molar-refractivity contribution in [2.75, 3.05) is 7.05 Å². The van der Waals surface area contributed by atoms with Gasteiger partial charge in [-0.1, -0.05) is 12.1 Å². The van der Waals surface area contributed by atoms with Crippen LogP contribution in [0, 0.1) is 11.6 Å². The first-order valence-electron chi connectivity index (χ1n) is 7.51. The number of alkyl halides is 3. The predicted molar refractivity (Wildman–Crippen MR) is 82.6 cm³/mol. The van der Waals surface area contributed by atoms with E-state index >= 15 is 0 Å². The van der Waals surface area contributed by atoms with Crippen LogP contribution in [-0.2, 0) is 23.9 Å². The van der Waals surface area contributed by atoms with Gasteiger partial charge < -0.3 is 4.90 Å². The van der Waals surface area contributed by atoms with Gasteiger partial charge in [0.2, 0.25) is 5.91 Å². The van der Waals surface area contributed by atoms with Gasteiger partial charge in [0.1, 0.15) is 11.6 Å². The average molecular weight is 357 g/mol. The third-order valence-corrected chi connectivity index (χ3v) is 3.74. The molecular weight excluding hydrogens is 341 g/mol. The Morgan fingerprint density at radius 1 is 1.04 bits per heavy atom. The number of rotatable bonds is 5. The van der Waals surface area contributed by atoms with Crippen LogP contribution >= 0.6 is 0 Å². The molecule has 1 amide bonds. The minimum atomic E-state index is -4.41. The zero-order valence-corrected chi connectivity index (χ0v) is 13.4. The number of carbonyl (C=O) groups is 1. The van der Waals surface area contributed by atoms with Gasteiger partial charge in [-0.2, -0.15) is 13.2 Å². The summed E-state index contributed by atoms with van der Waals surface area (Å²) in [4.78, 5) is 13.4. The molecule has 0 aliphatic carbocycles. The third-order valence-electron chi connectivity index (χ3n) is 3.74. The highest BCUT2D eigenvalue weighted by Crippen LogP contribution is 2.29. The summed E-state index contributed by atoms with van der Waals surface area (Å²) in [6.07, 6.45) is -4.40. The van der Waals surface area contributed by atoms with Gasteiger partial charge in [-0.25, -0.2) is 8.78 Å². The number of carbonyl (C=O) groups excluding carboxylic acids is 1. The molecular formula is C18H16F5NO. The van der Waals surface area contributed by atoms with E-state index in [0.717, 1.165) is 30.3 Å². The number of halogens is 5. The van der Waals surface area contributed by atoms with Crippen molar-refractivity contribution in [3.8, 4) is 0 Å². The molecule has 0 N–H and O–H groups in total. The quantitative estimate of drug-likeness (QED) is 0.718. The monoisotopic (exact) mass is 357 g/mol. The van der Waals surface area contributed by atoms with E-state index in [2.05, 4.69) is 0 Å². The highest BCUT2D eigenvalue weighted by Gasteiger charge is 2.29. The van der Waals surface area contributed by atoms with Gasteiger partial charge in [-0.3, -0.25) is 4.79 Å². The smallest absolute Gasteiger partial charge is 0.341 e. The Morgan fingerprint density at radius 3 is 2.28 bits per heavy atom. The van der Waals surface area contributed by atoms with E-state index < -0.39 is 23.4 Å². The maximum atomic E-state index is 13.5. The number of hydrogen-bond acceptors (Lipinski definition) is 1. The molecule has 0 aliphatic rings. The summed E-state index contributed by atoms with van der Waals surface area (Å²) in [5.74, 6) is -1.48. The molecule has 2 rings (SSSR count). The lowest BCUT2D eigenvalue weighted by Gasteiger charge is -2.18. The van der Waals surface area contributed by atoms with Gasteiger partial charge >= 0.3 is 6.18 Å².